The second-order valence-corrected chi connectivity index (χ2v) is 5.38. The Bertz CT molecular complexity index is 895. The molecule has 0 saturated carbocycles. The lowest BCUT2D eigenvalue weighted by molar-refractivity contribution is 0.0723. The van der Waals surface area contributed by atoms with Gasteiger partial charge in [-0.1, -0.05) is 12.1 Å². The van der Waals surface area contributed by atoms with E-state index in [1.54, 1.807) is 35.0 Å². The molecule has 0 aliphatic rings. The van der Waals surface area contributed by atoms with Crippen LogP contribution in [-0.2, 0) is 7.05 Å². The molecule has 0 unspecified atom stereocenters. The molecule has 0 amide bonds. The third-order valence-electron chi connectivity index (χ3n) is 3.83. The summed E-state index contributed by atoms with van der Waals surface area (Å²) >= 11 is 0. The van der Waals surface area contributed by atoms with Crippen LogP contribution >= 0.6 is 0 Å². The Morgan fingerprint density at radius 1 is 1.21 bits per heavy atom. The number of methoxy groups -OCH3 is 1. The minimum absolute atomic E-state index is 0.263. The van der Waals surface area contributed by atoms with Gasteiger partial charge >= 0.3 is 5.97 Å². The van der Waals surface area contributed by atoms with Crippen LogP contribution in [0.1, 0.15) is 21.9 Å². The highest BCUT2D eigenvalue weighted by atomic mass is 16.6. The van der Waals surface area contributed by atoms with Gasteiger partial charge in [-0.2, -0.15) is 10.2 Å². The van der Waals surface area contributed by atoms with Crippen LogP contribution in [-0.4, -0.2) is 33.1 Å². The Balaban J connectivity index is 1.86. The van der Waals surface area contributed by atoms with Gasteiger partial charge in [-0.3, -0.25) is 9.78 Å². The number of aryl methyl sites for hydroxylation is 2. The fraction of sp³-hybridized carbons (Fsp3) is 0.235. The lowest BCUT2D eigenvalue weighted by Crippen LogP contribution is -2.09. The number of nitrogens with zero attached hydrogens (tertiary/aromatic N) is 3. The molecule has 7 heteroatoms. The van der Waals surface area contributed by atoms with Crippen molar-refractivity contribution >= 4 is 5.97 Å². The van der Waals surface area contributed by atoms with Gasteiger partial charge in [-0.15, -0.1) is 0 Å². The molecule has 0 radical (unpaired) electrons. The van der Waals surface area contributed by atoms with E-state index in [1.807, 2.05) is 20.9 Å². The van der Waals surface area contributed by atoms with Crippen molar-refractivity contribution in [2.45, 2.75) is 13.8 Å². The van der Waals surface area contributed by atoms with E-state index in [-0.39, 0.29) is 5.69 Å². The molecular weight excluding hydrogens is 308 g/mol. The van der Waals surface area contributed by atoms with Crippen LogP contribution < -0.4 is 9.47 Å². The average molecular weight is 326 g/mol. The molecule has 7 nitrogen and oxygen atoms in total. The van der Waals surface area contributed by atoms with Gasteiger partial charge in [0.25, 0.3) is 0 Å². The number of carbonyl (C=O) groups excluding carboxylic acids is 1. The maximum atomic E-state index is 12.3. The maximum absolute atomic E-state index is 12.3. The Morgan fingerprint density at radius 2 is 1.92 bits per heavy atom. The number of carbonyl (C=O) groups is 1. The van der Waals surface area contributed by atoms with E-state index in [4.69, 9.17) is 9.47 Å². The second kappa shape index (κ2) is 6.19. The van der Waals surface area contributed by atoms with Crippen molar-refractivity contribution < 1.29 is 14.3 Å². The lowest BCUT2D eigenvalue weighted by atomic mass is 10.1. The molecular formula is C17H18N4O3. The summed E-state index contributed by atoms with van der Waals surface area (Å²) < 4.78 is 12.3. The summed E-state index contributed by atoms with van der Waals surface area (Å²) in [6, 6.07) is 8.63. The van der Waals surface area contributed by atoms with Gasteiger partial charge in [0, 0.05) is 18.3 Å². The van der Waals surface area contributed by atoms with Crippen LogP contribution in [0.4, 0.5) is 0 Å². The first-order chi connectivity index (χ1) is 11.5. The normalized spacial score (nSPS) is 10.7. The number of hydrogen-bond donors (Lipinski definition) is 1. The van der Waals surface area contributed by atoms with Gasteiger partial charge in [0.2, 0.25) is 0 Å². The SMILES string of the molecule is COc1ccccc1OC(=O)c1cc(-c2c(C)nn(C)c2C)n[nH]1. The van der Waals surface area contributed by atoms with E-state index >= 15 is 0 Å². The number of nitrogens with one attached hydrogen (secondary N) is 1. The molecule has 0 bridgehead atoms. The topological polar surface area (TPSA) is 82.0 Å². The quantitative estimate of drug-likeness (QED) is 0.589. The molecule has 1 N–H and O–H groups in total. The first-order valence-corrected chi connectivity index (χ1v) is 7.42. The number of H-pyrrole nitrogens is 1. The molecule has 0 atom stereocenters. The molecule has 24 heavy (non-hydrogen) atoms. The van der Waals surface area contributed by atoms with Crippen molar-refractivity contribution in [1.82, 2.24) is 20.0 Å². The smallest absolute Gasteiger partial charge is 0.361 e. The number of ether oxygens (including phenoxy) is 2. The predicted octanol–water partition coefficient (Wildman–Crippen LogP) is 2.65. The van der Waals surface area contributed by atoms with Crippen LogP contribution in [0.3, 0.4) is 0 Å². The first-order valence-electron chi connectivity index (χ1n) is 7.42. The molecule has 1 aromatic carbocycles. The number of aromatic nitrogens is 4. The molecule has 0 fully saturated rings. The molecule has 3 aromatic rings. The largest absolute Gasteiger partial charge is 0.493 e. The van der Waals surface area contributed by atoms with E-state index < -0.39 is 5.97 Å². The van der Waals surface area contributed by atoms with Crippen molar-refractivity contribution in [3.63, 3.8) is 0 Å². The summed E-state index contributed by atoms with van der Waals surface area (Å²) in [6.07, 6.45) is 0. The van der Waals surface area contributed by atoms with E-state index in [2.05, 4.69) is 15.3 Å². The van der Waals surface area contributed by atoms with E-state index in [9.17, 15) is 4.79 Å². The highest BCUT2D eigenvalue weighted by Crippen LogP contribution is 2.28. The molecule has 0 saturated heterocycles. The molecule has 0 spiro atoms. The van der Waals surface area contributed by atoms with Crippen LogP contribution in [0.2, 0.25) is 0 Å². The minimum atomic E-state index is -0.530. The fourth-order valence-corrected chi connectivity index (χ4v) is 2.56. The molecule has 2 aromatic heterocycles. The van der Waals surface area contributed by atoms with Crippen molar-refractivity contribution in [3.8, 4) is 22.8 Å². The van der Waals surface area contributed by atoms with Gasteiger partial charge < -0.3 is 9.47 Å². The Hall–Kier alpha value is -3.09. The van der Waals surface area contributed by atoms with Crippen LogP contribution in [0.5, 0.6) is 11.5 Å². The Morgan fingerprint density at radius 3 is 2.54 bits per heavy atom. The number of rotatable bonds is 4. The molecule has 0 aliphatic heterocycles. The van der Waals surface area contributed by atoms with Gasteiger partial charge in [0.1, 0.15) is 5.69 Å². The summed E-state index contributed by atoms with van der Waals surface area (Å²) in [4.78, 5) is 12.3. The number of benzene rings is 1. The highest BCUT2D eigenvalue weighted by Gasteiger charge is 2.19. The fourth-order valence-electron chi connectivity index (χ4n) is 2.56. The summed E-state index contributed by atoms with van der Waals surface area (Å²) in [5.74, 6) is 0.317. The maximum Gasteiger partial charge on any atom is 0.361 e. The molecule has 3 rings (SSSR count). The third-order valence-corrected chi connectivity index (χ3v) is 3.83. The number of para-hydroxylation sites is 2. The van der Waals surface area contributed by atoms with E-state index in [0.717, 1.165) is 17.0 Å². The van der Waals surface area contributed by atoms with E-state index in [1.165, 1.54) is 7.11 Å². The van der Waals surface area contributed by atoms with Crippen molar-refractivity contribution in [2.75, 3.05) is 7.11 Å². The molecule has 0 aliphatic carbocycles. The summed E-state index contributed by atoms with van der Waals surface area (Å²) in [6.45, 7) is 3.86. The zero-order valence-corrected chi connectivity index (χ0v) is 14.0. The van der Waals surface area contributed by atoms with Gasteiger partial charge in [-0.05, 0) is 32.0 Å². The first kappa shape index (κ1) is 15.8. The highest BCUT2D eigenvalue weighted by molar-refractivity contribution is 5.90. The van der Waals surface area contributed by atoms with Gasteiger partial charge in [0.05, 0.1) is 18.5 Å². The number of hydrogen-bond acceptors (Lipinski definition) is 5. The summed E-state index contributed by atoms with van der Waals surface area (Å²) in [5, 5.41) is 11.3. The number of aromatic amines is 1. The monoisotopic (exact) mass is 326 g/mol. The van der Waals surface area contributed by atoms with Crippen LogP contribution in [0.15, 0.2) is 30.3 Å². The standard InChI is InChI=1S/C17H18N4O3/c1-10-16(11(2)21(3)20-10)12-9-13(19-18-12)17(22)24-15-8-6-5-7-14(15)23-4/h5-9H,1-4H3,(H,18,19). The molecule has 124 valence electrons. The lowest BCUT2D eigenvalue weighted by Gasteiger charge is -2.07. The van der Waals surface area contributed by atoms with Crippen LogP contribution in [0.25, 0.3) is 11.3 Å². The number of esters is 1. The summed E-state index contributed by atoms with van der Waals surface area (Å²) in [5.41, 5.74) is 3.66. The Kier molecular flexibility index (Phi) is 4.07. The second-order valence-electron chi connectivity index (χ2n) is 5.38. The van der Waals surface area contributed by atoms with E-state index in [0.29, 0.717) is 17.2 Å². The van der Waals surface area contributed by atoms with Gasteiger partial charge in [0.15, 0.2) is 11.5 Å². The zero-order chi connectivity index (χ0) is 17.3. The Labute approximate surface area is 139 Å². The third kappa shape index (κ3) is 2.76. The van der Waals surface area contributed by atoms with Crippen molar-refractivity contribution in [2.24, 2.45) is 7.05 Å². The zero-order valence-electron chi connectivity index (χ0n) is 14.0. The summed E-state index contributed by atoms with van der Waals surface area (Å²) in [7, 11) is 3.39. The molecule has 2 heterocycles. The van der Waals surface area contributed by atoms with Crippen LogP contribution in [0, 0.1) is 13.8 Å². The van der Waals surface area contributed by atoms with Crippen molar-refractivity contribution in [1.29, 1.82) is 0 Å². The van der Waals surface area contributed by atoms with Crippen molar-refractivity contribution in [3.05, 3.63) is 47.4 Å². The predicted molar refractivity (Wildman–Crippen MR) is 88.2 cm³/mol. The average Bonchev–Trinajstić information content (AvgIpc) is 3.13. The van der Waals surface area contributed by atoms with Gasteiger partial charge in [-0.25, -0.2) is 4.79 Å². The minimum Gasteiger partial charge on any atom is -0.493 e.